The Morgan fingerprint density at radius 3 is 2.64 bits per heavy atom. The Hall–Kier alpha value is -2.79. The zero-order chi connectivity index (χ0) is 17.9. The zero-order valence-corrected chi connectivity index (χ0v) is 14.5. The predicted molar refractivity (Wildman–Crippen MR) is 88.8 cm³/mol. The maximum absolute atomic E-state index is 12.2. The first-order chi connectivity index (χ1) is 12.0. The summed E-state index contributed by atoms with van der Waals surface area (Å²) >= 11 is 0. The van der Waals surface area contributed by atoms with Crippen molar-refractivity contribution in [3.63, 3.8) is 0 Å². The number of aromatic nitrogens is 5. The number of hydrogen-bond acceptors (Lipinski definition) is 8. The Balaban J connectivity index is 1.53. The van der Waals surface area contributed by atoms with Crippen molar-refractivity contribution in [2.75, 3.05) is 18.4 Å². The molecule has 0 aliphatic carbocycles. The van der Waals surface area contributed by atoms with Crippen LogP contribution in [0.4, 0.5) is 5.82 Å². The Labute approximate surface area is 144 Å². The zero-order valence-electron chi connectivity index (χ0n) is 13.7. The van der Waals surface area contributed by atoms with E-state index in [1.807, 2.05) is 0 Å². The molecule has 0 saturated carbocycles. The number of nitrogens with zero attached hydrogens (tertiary/aromatic N) is 5. The lowest BCUT2D eigenvalue weighted by Gasteiger charge is -2.08. The highest BCUT2D eigenvalue weighted by Gasteiger charge is 2.23. The maximum atomic E-state index is 12.2. The topological polar surface area (TPSA) is 128 Å². The van der Waals surface area contributed by atoms with Gasteiger partial charge in [0, 0.05) is 25.5 Å². The second kappa shape index (κ2) is 6.99. The highest BCUT2D eigenvalue weighted by Crippen LogP contribution is 2.18. The maximum Gasteiger partial charge on any atom is 0.246 e. The van der Waals surface area contributed by atoms with Gasteiger partial charge in [-0.25, -0.2) is 17.8 Å². The second-order valence-corrected chi connectivity index (χ2v) is 6.91. The van der Waals surface area contributed by atoms with Crippen LogP contribution in [-0.2, 0) is 10.0 Å². The minimum Gasteiger partial charge on any atom is -0.367 e. The monoisotopic (exact) mass is 363 g/mol. The Bertz CT molecular complexity index is 914. The summed E-state index contributed by atoms with van der Waals surface area (Å²) in [6.45, 7) is 3.66. The van der Waals surface area contributed by atoms with Gasteiger partial charge in [0.05, 0.1) is 0 Å². The molecule has 0 aliphatic heterocycles. The van der Waals surface area contributed by atoms with Crippen LogP contribution in [-0.4, -0.2) is 46.6 Å². The molecule has 3 heterocycles. The molecule has 0 atom stereocenters. The molecule has 0 saturated heterocycles. The molecule has 3 rings (SSSR count). The van der Waals surface area contributed by atoms with Crippen LogP contribution in [0.5, 0.6) is 0 Å². The van der Waals surface area contributed by atoms with Gasteiger partial charge in [0.15, 0.2) is 11.6 Å². The summed E-state index contributed by atoms with van der Waals surface area (Å²) in [7, 11) is -3.66. The first kappa shape index (κ1) is 17.0. The molecule has 25 heavy (non-hydrogen) atoms. The summed E-state index contributed by atoms with van der Waals surface area (Å²) < 4.78 is 33.5. The number of sulfonamides is 1. The molecule has 132 valence electrons. The van der Waals surface area contributed by atoms with Crippen LogP contribution in [0.2, 0.25) is 0 Å². The first-order valence-corrected chi connectivity index (χ1v) is 8.96. The Morgan fingerprint density at radius 2 is 2.04 bits per heavy atom. The Kier molecular flexibility index (Phi) is 4.76. The number of anilines is 1. The minimum atomic E-state index is -3.66. The van der Waals surface area contributed by atoms with E-state index in [1.54, 1.807) is 49.1 Å². The van der Waals surface area contributed by atoms with E-state index < -0.39 is 10.0 Å². The van der Waals surface area contributed by atoms with Crippen LogP contribution in [0.3, 0.4) is 0 Å². The fourth-order valence-electron chi connectivity index (χ4n) is 2.25. The highest BCUT2D eigenvalue weighted by molar-refractivity contribution is 7.89. The summed E-state index contributed by atoms with van der Waals surface area (Å²) in [6.07, 6.45) is 3.42. The third-order valence-electron chi connectivity index (χ3n) is 3.35. The van der Waals surface area contributed by atoms with Crippen molar-refractivity contribution in [1.29, 1.82) is 0 Å². The lowest BCUT2D eigenvalue weighted by atomic mass is 10.4. The lowest BCUT2D eigenvalue weighted by molar-refractivity contribution is 0.390. The van der Waals surface area contributed by atoms with E-state index in [0.717, 1.165) is 0 Å². The normalized spacial score (nSPS) is 11.6. The third-order valence-corrected chi connectivity index (χ3v) is 5.05. The van der Waals surface area contributed by atoms with Crippen molar-refractivity contribution in [3.8, 4) is 5.82 Å². The molecular formula is C14H17N7O3S. The van der Waals surface area contributed by atoms with Crippen LogP contribution in [0.25, 0.3) is 5.82 Å². The predicted octanol–water partition coefficient (Wildman–Crippen LogP) is 0.658. The van der Waals surface area contributed by atoms with Crippen LogP contribution in [0, 0.1) is 13.8 Å². The molecular weight excluding hydrogens is 346 g/mol. The van der Waals surface area contributed by atoms with E-state index in [1.165, 1.54) is 0 Å². The Morgan fingerprint density at radius 1 is 1.20 bits per heavy atom. The summed E-state index contributed by atoms with van der Waals surface area (Å²) in [6, 6.07) is 5.29. The fourth-order valence-corrected chi connectivity index (χ4v) is 3.61. The summed E-state index contributed by atoms with van der Waals surface area (Å²) in [4.78, 5) is 0.0795. The molecule has 2 N–H and O–H groups in total. The first-order valence-electron chi connectivity index (χ1n) is 7.47. The second-order valence-electron chi connectivity index (χ2n) is 5.21. The molecule has 0 amide bonds. The molecule has 0 radical (unpaired) electrons. The van der Waals surface area contributed by atoms with Crippen molar-refractivity contribution >= 4 is 15.8 Å². The molecule has 0 fully saturated rings. The summed E-state index contributed by atoms with van der Waals surface area (Å²) in [5.74, 6) is 1.39. The molecule has 0 aromatic carbocycles. The fraction of sp³-hybridized carbons (Fsp3) is 0.286. The van der Waals surface area contributed by atoms with Crippen molar-refractivity contribution in [1.82, 2.24) is 29.9 Å². The van der Waals surface area contributed by atoms with Crippen LogP contribution >= 0.6 is 0 Å². The van der Waals surface area contributed by atoms with Crippen LogP contribution in [0.1, 0.15) is 11.5 Å². The van der Waals surface area contributed by atoms with E-state index in [-0.39, 0.29) is 17.2 Å². The van der Waals surface area contributed by atoms with Crippen molar-refractivity contribution < 1.29 is 12.9 Å². The van der Waals surface area contributed by atoms with Gasteiger partial charge in [0.25, 0.3) is 0 Å². The molecule has 3 aromatic rings. The third kappa shape index (κ3) is 3.83. The van der Waals surface area contributed by atoms with E-state index in [2.05, 4.69) is 30.5 Å². The van der Waals surface area contributed by atoms with Gasteiger partial charge >= 0.3 is 0 Å². The molecule has 3 aromatic heterocycles. The largest absolute Gasteiger partial charge is 0.367 e. The summed E-state index contributed by atoms with van der Waals surface area (Å²) in [5.41, 5.74) is 0.332. The van der Waals surface area contributed by atoms with Crippen molar-refractivity contribution in [2.24, 2.45) is 0 Å². The molecule has 0 bridgehead atoms. The summed E-state index contributed by atoms with van der Waals surface area (Å²) in [5, 5.41) is 18.8. The quantitative estimate of drug-likeness (QED) is 0.586. The van der Waals surface area contributed by atoms with E-state index in [0.29, 0.717) is 23.9 Å². The smallest absolute Gasteiger partial charge is 0.246 e. The van der Waals surface area contributed by atoms with Gasteiger partial charge < -0.3 is 9.84 Å². The van der Waals surface area contributed by atoms with Crippen molar-refractivity contribution in [3.05, 3.63) is 42.0 Å². The van der Waals surface area contributed by atoms with Gasteiger partial charge in [-0.3, -0.25) is 0 Å². The van der Waals surface area contributed by atoms with E-state index in [9.17, 15) is 8.42 Å². The number of nitrogens with one attached hydrogen (secondary N) is 2. The van der Waals surface area contributed by atoms with Gasteiger partial charge in [0.1, 0.15) is 16.4 Å². The molecule has 11 heteroatoms. The van der Waals surface area contributed by atoms with Gasteiger partial charge in [-0.2, -0.15) is 5.10 Å². The number of hydrogen-bond donors (Lipinski definition) is 2. The van der Waals surface area contributed by atoms with Crippen molar-refractivity contribution in [2.45, 2.75) is 18.7 Å². The van der Waals surface area contributed by atoms with Gasteiger partial charge in [-0.05, 0) is 32.0 Å². The average Bonchev–Trinajstić information content (AvgIpc) is 3.22. The minimum absolute atomic E-state index is 0.0795. The van der Waals surface area contributed by atoms with Crippen LogP contribution in [0.15, 0.2) is 40.0 Å². The van der Waals surface area contributed by atoms with Gasteiger partial charge in [0.2, 0.25) is 10.0 Å². The molecule has 0 aliphatic rings. The number of rotatable bonds is 7. The highest BCUT2D eigenvalue weighted by atomic mass is 32.2. The SMILES string of the molecule is Cc1noc(C)c1S(=O)(=O)NCCNc1ccc(-n2cccn2)nn1. The molecule has 0 spiro atoms. The lowest BCUT2D eigenvalue weighted by Crippen LogP contribution is -2.29. The molecule has 0 unspecified atom stereocenters. The van der Waals surface area contributed by atoms with Gasteiger partial charge in [-0.15, -0.1) is 10.2 Å². The van der Waals surface area contributed by atoms with Gasteiger partial charge in [-0.1, -0.05) is 5.16 Å². The van der Waals surface area contributed by atoms with E-state index in [4.69, 9.17) is 4.52 Å². The molecule has 10 nitrogen and oxygen atoms in total. The standard InChI is InChI=1S/C14H17N7O3S/c1-10-14(11(2)24-20-10)25(22,23)17-8-7-15-12-4-5-13(19-18-12)21-9-3-6-16-21/h3-6,9,17H,7-8H2,1-2H3,(H,15,18). The van der Waals surface area contributed by atoms with E-state index >= 15 is 0 Å². The average molecular weight is 363 g/mol. The van der Waals surface area contributed by atoms with Crippen LogP contribution < -0.4 is 10.0 Å². The number of aryl methyl sites for hydroxylation is 2.